The summed E-state index contributed by atoms with van der Waals surface area (Å²) in [6, 6.07) is 5.59. The molecular formula is C17H18N2O4S2. The van der Waals surface area contributed by atoms with Gasteiger partial charge >= 0.3 is 0 Å². The van der Waals surface area contributed by atoms with Crippen LogP contribution in [-0.4, -0.2) is 47.8 Å². The zero-order valence-electron chi connectivity index (χ0n) is 13.9. The summed E-state index contributed by atoms with van der Waals surface area (Å²) in [4.78, 5) is 25.8. The Kier molecular flexibility index (Phi) is 5.29. The van der Waals surface area contributed by atoms with Crippen LogP contribution in [0.3, 0.4) is 0 Å². The van der Waals surface area contributed by atoms with Crippen molar-refractivity contribution < 1.29 is 19.1 Å². The van der Waals surface area contributed by atoms with Gasteiger partial charge in [-0.2, -0.15) is 0 Å². The topological polar surface area (TPSA) is 67.9 Å². The van der Waals surface area contributed by atoms with E-state index in [1.54, 1.807) is 31.3 Å². The number of ether oxygens (including phenoxy) is 2. The van der Waals surface area contributed by atoms with Gasteiger partial charge in [-0.15, -0.1) is 0 Å². The van der Waals surface area contributed by atoms with Gasteiger partial charge in [-0.05, 0) is 36.6 Å². The van der Waals surface area contributed by atoms with Crippen molar-refractivity contribution in [2.45, 2.75) is 18.9 Å². The summed E-state index contributed by atoms with van der Waals surface area (Å²) in [6.45, 7) is -0.0549. The monoisotopic (exact) mass is 378 g/mol. The summed E-state index contributed by atoms with van der Waals surface area (Å²) < 4.78 is 11.4. The predicted octanol–water partition coefficient (Wildman–Crippen LogP) is 2.18. The molecule has 6 nitrogen and oxygen atoms in total. The van der Waals surface area contributed by atoms with E-state index in [1.807, 2.05) is 0 Å². The molecule has 132 valence electrons. The third-order valence-corrected chi connectivity index (χ3v) is 5.26. The minimum atomic E-state index is -0.139. The highest BCUT2D eigenvalue weighted by Crippen LogP contribution is 2.34. The van der Waals surface area contributed by atoms with Crippen LogP contribution in [-0.2, 0) is 9.59 Å². The summed E-state index contributed by atoms with van der Waals surface area (Å²) in [6.07, 6.45) is 3.83. The third kappa shape index (κ3) is 4.32. The summed E-state index contributed by atoms with van der Waals surface area (Å²) in [5, 5.41) is 2.86. The fourth-order valence-corrected chi connectivity index (χ4v) is 3.41. The van der Waals surface area contributed by atoms with Crippen LogP contribution in [0.2, 0.25) is 0 Å². The lowest BCUT2D eigenvalue weighted by Crippen LogP contribution is -2.30. The zero-order valence-corrected chi connectivity index (χ0v) is 15.5. The summed E-state index contributed by atoms with van der Waals surface area (Å²) in [5.41, 5.74) is 0.792. The molecule has 0 unspecified atom stereocenters. The van der Waals surface area contributed by atoms with Crippen molar-refractivity contribution in [3.05, 3.63) is 28.7 Å². The molecule has 2 amide bonds. The van der Waals surface area contributed by atoms with E-state index in [-0.39, 0.29) is 18.4 Å². The molecule has 2 aliphatic rings. The van der Waals surface area contributed by atoms with Gasteiger partial charge in [-0.25, -0.2) is 0 Å². The van der Waals surface area contributed by atoms with Gasteiger partial charge < -0.3 is 14.8 Å². The Balaban J connectivity index is 1.70. The van der Waals surface area contributed by atoms with E-state index < -0.39 is 0 Å². The summed E-state index contributed by atoms with van der Waals surface area (Å²) in [7, 11) is 3.18. The minimum absolute atomic E-state index is 0.0549. The molecule has 0 spiro atoms. The number of hydrogen-bond donors (Lipinski definition) is 1. The van der Waals surface area contributed by atoms with Crippen LogP contribution >= 0.6 is 24.0 Å². The van der Waals surface area contributed by atoms with Crippen molar-refractivity contribution in [3.63, 3.8) is 0 Å². The van der Waals surface area contributed by atoms with Crippen LogP contribution < -0.4 is 14.8 Å². The van der Waals surface area contributed by atoms with Crippen LogP contribution in [0.4, 0.5) is 0 Å². The van der Waals surface area contributed by atoms with E-state index in [0.717, 1.165) is 18.4 Å². The molecule has 0 aromatic heterocycles. The normalized spacial score (nSPS) is 18.6. The molecule has 1 heterocycles. The first-order chi connectivity index (χ1) is 12.0. The second kappa shape index (κ2) is 7.45. The second-order valence-electron chi connectivity index (χ2n) is 5.78. The molecule has 25 heavy (non-hydrogen) atoms. The first-order valence-electron chi connectivity index (χ1n) is 7.79. The number of thiocarbonyl (C=S) groups is 1. The van der Waals surface area contributed by atoms with Crippen LogP contribution in [0.1, 0.15) is 18.4 Å². The van der Waals surface area contributed by atoms with Gasteiger partial charge in [-0.3, -0.25) is 14.5 Å². The maximum absolute atomic E-state index is 12.1. The molecular weight excluding hydrogens is 360 g/mol. The number of nitrogens with one attached hydrogen (secondary N) is 1. The Labute approximate surface area is 155 Å². The Morgan fingerprint density at radius 1 is 1.44 bits per heavy atom. The molecule has 0 bridgehead atoms. The van der Waals surface area contributed by atoms with Gasteiger partial charge in [0.15, 0.2) is 18.1 Å². The lowest BCUT2D eigenvalue weighted by atomic mass is 10.2. The van der Waals surface area contributed by atoms with E-state index >= 15 is 0 Å². The number of thioether (sulfide) groups is 1. The number of amides is 2. The van der Waals surface area contributed by atoms with E-state index in [2.05, 4.69) is 5.32 Å². The van der Waals surface area contributed by atoms with Gasteiger partial charge in [-0.1, -0.05) is 30.0 Å². The quantitative estimate of drug-likeness (QED) is 0.605. The summed E-state index contributed by atoms with van der Waals surface area (Å²) >= 11 is 6.38. The second-order valence-corrected chi connectivity index (χ2v) is 7.46. The lowest BCUT2D eigenvalue weighted by Gasteiger charge is -2.11. The highest BCUT2D eigenvalue weighted by Gasteiger charge is 2.28. The maximum Gasteiger partial charge on any atom is 0.265 e. The molecule has 2 fully saturated rings. The number of likely N-dealkylation sites (N-methyl/N-ethyl adjacent to an activating group) is 1. The number of methoxy groups -OCH3 is 1. The van der Waals surface area contributed by atoms with Gasteiger partial charge in [0.1, 0.15) is 4.32 Å². The third-order valence-electron chi connectivity index (χ3n) is 3.77. The SMILES string of the molecule is COc1cc(C=C2SC(=S)N(C)C2=O)ccc1OCC(=O)NC1CC1. The van der Waals surface area contributed by atoms with Crippen molar-refractivity contribution in [1.29, 1.82) is 0 Å². The molecule has 1 aromatic carbocycles. The fourth-order valence-electron chi connectivity index (χ4n) is 2.23. The van der Waals surface area contributed by atoms with Gasteiger partial charge in [0.2, 0.25) is 0 Å². The van der Waals surface area contributed by atoms with Gasteiger partial charge in [0.05, 0.1) is 12.0 Å². The van der Waals surface area contributed by atoms with E-state index in [4.69, 9.17) is 21.7 Å². The zero-order chi connectivity index (χ0) is 18.0. The smallest absolute Gasteiger partial charge is 0.265 e. The Morgan fingerprint density at radius 2 is 2.20 bits per heavy atom. The molecule has 1 aromatic rings. The number of carbonyl (C=O) groups excluding carboxylic acids is 2. The van der Waals surface area contributed by atoms with Crippen molar-refractivity contribution in [1.82, 2.24) is 10.2 Å². The van der Waals surface area contributed by atoms with Gasteiger partial charge in [0, 0.05) is 13.1 Å². The molecule has 1 aliphatic heterocycles. The molecule has 1 saturated carbocycles. The van der Waals surface area contributed by atoms with Crippen LogP contribution in [0.25, 0.3) is 6.08 Å². The molecule has 1 saturated heterocycles. The number of rotatable bonds is 6. The lowest BCUT2D eigenvalue weighted by molar-refractivity contribution is -0.123. The number of benzene rings is 1. The molecule has 0 atom stereocenters. The van der Waals surface area contributed by atoms with Crippen LogP contribution in [0.15, 0.2) is 23.1 Å². The fraction of sp³-hybridized carbons (Fsp3) is 0.353. The molecule has 1 aliphatic carbocycles. The highest BCUT2D eigenvalue weighted by atomic mass is 32.2. The maximum atomic E-state index is 12.1. The van der Waals surface area contributed by atoms with E-state index in [9.17, 15) is 9.59 Å². The first kappa shape index (κ1) is 17.8. The number of nitrogens with zero attached hydrogens (tertiary/aromatic N) is 1. The van der Waals surface area contributed by atoms with Crippen molar-refractivity contribution in [2.75, 3.05) is 20.8 Å². The Bertz CT molecular complexity index is 759. The van der Waals surface area contributed by atoms with Crippen molar-refractivity contribution in [2.24, 2.45) is 0 Å². The highest BCUT2D eigenvalue weighted by molar-refractivity contribution is 8.26. The average molecular weight is 378 g/mol. The molecule has 3 rings (SSSR count). The van der Waals surface area contributed by atoms with Crippen molar-refractivity contribution in [3.8, 4) is 11.5 Å². The largest absolute Gasteiger partial charge is 0.493 e. The minimum Gasteiger partial charge on any atom is -0.493 e. The Morgan fingerprint density at radius 3 is 2.80 bits per heavy atom. The van der Waals surface area contributed by atoms with E-state index in [1.165, 1.54) is 23.8 Å². The Hall–Kier alpha value is -2.06. The first-order valence-corrected chi connectivity index (χ1v) is 9.02. The molecule has 0 radical (unpaired) electrons. The number of carbonyl (C=O) groups is 2. The number of hydrogen-bond acceptors (Lipinski definition) is 6. The van der Waals surface area contributed by atoms with Crippen LogP contribution in [0, 0.1) is 0 Å². The standard InChI is InChI=1S/C17H18N2O4S2/c1-19-16(21)14(25-17(19)24)8-10-3-6-12(13(7-10)22-2)23-9-15(20)18-11-4-5-11/h3,6-8,11H,4-5,9H2,1-2H3,(H,18,20). The molecule has 1 N–H and O–H groups in total. The summed E-state index contributed by atoms with van der Waals surface area (Å²) in [5.74, 6) is 0.722. The van der Waals surface area contributed by atoms with Gasteiger partial charge in [0.25, 0.3) is 11.8 Å². The molecule has 8 heteroatoms. The van der Waals surface area contributed by atoms with E-state index in [0.29, 0.717) is 26.8 Å². The predicted molar refractivity (Wildman–Crippen MR) is 101 cm³/mol. The van der Waals surface area contributed by atoms with Crippen molar-refractivity contribution >= 4 is 46.2 Å². The average Bonchev–Trinajstić information content (AvgIpc) is 3.38. The van der Waals surface area contributed by atoms with Crippen LogP contribution in [0.5, 0.6) is 11.5 Å².